The Morgan fingerprint density at radius 2 is 2.08 bits per heavy atom. The molecule has 1 N–H and O–H groups in total. The molecule has 1 aromatic rings. The van der Waals surface area contributed by atoms with E-state index in [1.807, 2.05) is 24.3 Å². The minimum Gasteiger partial charge on any atom is -0.381 e. The normalized spacial score (nSPS) is 14.7. The van der Waals surface area contributed by atoms with E-state index in [0.29, 0.717) is 0 Å². The maximum Gasteiger partial charge on any atom is 0.0476 e. The second-order valence-electron chi connectivity index (χ2n) is 2.62. The summed E-state index contributed by atoms with van der Waals surface area (Å²) in [5.41, 5.74) is 2.03. The lowest BCUT2D eigenvalue weighted by Gasteiger charge is -2.15. The topological polar surface area (TPSA) is 12.0 Å². The second kappa shape index (κ2) is 3.00. The SMILES string of the molecule is ClC1=CCNc2cc(Cl)ccc21. The summed E-state index contributed by atoms with van der Waals surface area (Å²) in [6.07, 6.45) is 1.94. The fourth-order valence-corrected chi connectivity index (χ4v) is 1.65. The van der Waals surface area contributed by atoms with Crippen LogP contribution in [-0.4, -0.2) is 6.54 Å². The van der Waals surface area contributed by atoms with Crippen molar-refractivity contribution in [2.45, 2.75) is 0 Å². The van der Waals surface area contributed by atoms with E-state index in [0.717, 1.165) is 27.9 Å². The van der Waals surface area contributed by atoms with Crippen molar-refractivity contribution in [1.82, 2.24) is 0 Å². The van der Waals surface area contributed by atoms with Crippen LogP contribution in [0.5, 0.6) is 0 Å². The zero-order chi connectivity index (χ0) is 8.55. The standard InChI is InChI=1S/C9H7Cl2N/c10-6-1-2-7-8(11)3-4-12-9(7)5-6/h1-3,5,12H,4H2. The van der Waals surface area contributed by atoms with Gasteiger partial charge in [-0.15, -0.1) is 0 Å². The van der Waals surface area contributed by atoms with Gasteiger partial charge in [0.05, 0.1) is 0 Å². The van der Waals surface area contributed by atoms with Crippen LogP contribution in [0.3, 0.4) is 0 Å². The molecule has 0 fully saturated rings. The zero-order valence-corrected chi connectivity index (χ0v) is 7.78. The Morgan fingerprint density at radius 1 is 1.25 bits per heavy atom. The van der Waals surface area contributed by atoms with Gasteiger partial charge in [0.2, 0.25) is 0 Å². The molecule has 2 rings (SSSR count). The fourth-order valence-electron chi connectivity index (χ4n) is 1.23. The first kappa shape index (κ1) is 7.96. The number of fused-ring (bicyclic) bond motifs is 1. The average molecular weight is 200 g/mol. The summed E-state index contributed by atoms with van der Waals surface area (Å²) in [5.74, 6) is 0. The summed E-state index contributed by atoms with van der Waals surface area (Å²) in [4.78, 5) is 0. The molecule has 1 aromatic carbocycles. The molecule has 0 aromatic heterocycles. The largest absolute Gasteiger partial charge is 0.381 e. The number of hydrogen-bond donors (Lipinski definition) is 1. The number of hydrogen-bond acceptors (Lipinski definition) is 1. The van der Waals surface area contributed by atoms with Gasteiger partial charge < -0.3 is 5.32 Å². The second-order valence-corrected chi connectivity index (χ2v) is 3.47. The van der Waals surface area contributed by atoms with E-state index in [9.17, 15) is 0 Å². The molecule has 0 saturated heterocycles. The first-order chi connectivity index (χ1) is 5.77. The maximum absolute atomic E-state index is 5.98. The molecule has 62 valence electrons. The highest BCUT2D eigenvalue weighted by Gasteiger charge is 2.09. The van der Waals surface area contributed by atoms with Crippen LogP contribution in [0.25, 0.3) is 5.03 Å². The van der Waals surface area contributed by atoms with Gasteiger partial charge in [0.15, 0.2) is 0 Å². The van der Waals surface area contributed by atoms with Crippen molar-refractivity contribution in [2.75, 3.05) is 11.9 Å². The molecule has 3 heteroatoms. The molecule has 1 heterocycles. The number of benzene rings is 1. The molecule has 0 bridgehead atoms. The number of rotatable bonds is 0. The van der Waals surface area contributed by atoms with Crippen LogP contribution < -0.4 is 5.32 Å². The summed E-state index contributed by atoms with van der Waals surface area (Å²) in [5, 5.41) is 4.71. The molecule has 0 radical (unpaired) electrons. The Bertz CT molecular complexity index is 344. The molecule has 0 amide bonds. The molecular weight excluding hydrogens is 193 g/mol. The zero-order valence-electron chi connectivity index (χ0n) is 6.27. The molecule has 0 unspecified atom stereocenters. The van der Waals surface area contributed by atoms with Crippen molar-refractivity contribution in [3.8, 4) is 0 Å². The maximum atomic E-state index is 5.98. The molecule has 0 saturated carbocycles. The number of halogens is 2. The van der Waals surface area contributed by atoms with Gasteiger partial charge in [-0.05, 0) is 24.3 Å². The Balaban J connectivity index is 2.56. The molecule has 1 nitrogen and oxygen atoms in total. The van der Waals surface area contributed by atoms with Gasteiger partial charge in [-0.2, -0.15) is 0 Å². The molecule has 12 heavy (non-hydrogen) atoms. The Morgan fingerprint density at radius 3 is 2.92 bits per heavy atom. The van der Waals surface area contributed by atoms with Crippen molar-refractivity contribution in [1.29, 1.82) is 0 Å². The third-order valence-electron chi connectivity index (χ3n) is 1.81. The van der Waals surface area contributed by atoms with Crippen molar-refractivity contribution in [3.63, 3.8) is 0 Å². The van der Waals surface area contributed by atoms with Gasteiger partial charge in [-0.3, -0.25) is 0 Å². The van der Waals surface area contributed by atoms with Crippen molar-refractivity contribution < 1.29 is 0 Å². The third-order valence-corrected chi connectivity index (χ3v) is 2.41. The highest BCUT2D eigenvalue weighted by molar-refractivity contribution is 6.49. The van der Waals surface area contributed by atoms with Crippen LogP contribution in [0.2, 0.25) is 5.02 Å². The van der Waals surface area contributed by atoms with Gasteiger partial charge in [-0.1, -0.05) is 23.2 Å². The van der Waals surface area contributed by atoms with Crippen LogP contribution in [0.1, 0.15) is 5.56 Å². The molecular formula is C9H7Cl2N. The Labute approximate surface area is 81.0 Å². The quantitative estimate of drug-likeness (QED) is 0.677. The van der Waals surface area contributed by atoms with Gasteiger partial charge >= 0.3 is 0 Å². The smallest absolute Gasteiger partial charge is 0.0476 e. The van der Waals surface area contributed by atoms with Gasteiger partial charge in [0.1, 0.15) is 0 Å². The monoisotopic (exact) mass is 199 g/mol. The first-order valence-corrected chi connectivity index (χ1v) is 4.42. The fraction of sp³-hybridized carbons (Fsp3) is 0.111. The molecule has 1 aliphatic rings. The van der Waals surface area contributed by atoms with Crippen LogP contribution in [0.15, 0.2) is 24.3 Å². The summed E-state index contributed by atoms with van der Waals surface area (Å²) < 4.78 is 0. The van der Waals surface area contributed by atoms with Crippen LogP contribution in [-0.2, 0) is 0 Å². The minimum absolute atomic E-state index is 0.729. The van der Waals surface area contributed by atoms with Gasteiger partial charge in [0, 0.05) is 27.9 Å². The predicted molar refractivity (Wildman–Crippen MR) is 53.8 cm³/mol. The number of anilines is 1. The van der Waals surface area contributed by atoms with Crippen LogP contribution in [0.4, 0.5) is 5.69 Å². The van der Waals surface area contributed by atoms with Gasteiger partial charge in [0.25, 0.3) is 0 Å². The van der Waals surface area contributed by atoms with Crippen molar-refractivity contribution in [3.05, 3.63) is 34.9 Å². The van der Waals surface area contributed by atoms with E-state index < -0.39 is 0 Å². The Hall–Kier alpha value is -0.660. The van der Waals surface area contributed by atoms with Crippen molar-refractivity contribution >= 4 is 33.9 Å². The molecule has 0 atom stereocenters. The van der Waals surface area contributed by atoms with Crippen LogP contribution >= 0.6 is 23.2 Å². The third kappa shape index (κ3) is 1.30. The average Bonchev–Trinajstić information content (AvgIpc) is 2.04. The summed E-state index contributed by atoms with van der Waals surface area (Å²) in [6, 6.07) is 5.64. The molecule has 0 aliphatic carbocycles. The van der Waals surface area contributed by atoms with E-state index in [1.165, 1.54) is 0 Å². The summed E-state index contributed by atoms with van der Waals surface area (Å²) in [7, 11) is 0. The van der Waals surface area contributed by atoms with Gasteiger partial charge in [-0.25, -0.2) is 0 Å². The van der Waals surface area contributed by atoms with Crippen molar-refractivity contribution in [2.24, 2.45) is 0 Å². The Kier molecular flexibility index (Phi) is 1.99. The van der Waals surface area contributed by atoms with E-state index >= 15 is 0 Å². The summed E-state index contributed by atoms with van der Waals surface area (Å²) in [6.45, 7) is 0.770. The minimum atomic E-state index is 0.729. The highest BCUT2D eigenvalue weighted by atomic mass is 35.5. The van der Waals surface area contributed by atoms with E-state index in [2.05, 4.69) is 5.32 Å². The first-order valence-electron chi connectivity index (χ1n) is 3.67. The lowest BCUT2D eigenvalue weighted by molar-refractivity contribution is 1.31. The van der Waals surface area contributed by atoms with E-state index in [1.54, 1.807) is 0 Å². The van der Waals surface area contributed by atoms with Crippen LogP contribution in [0, 0.1) is 0 Å². The van der Waals surface area contributed by atoms with E-state index in [4.69, 9.17) is 23.2 Å². The number of nitrogens with one attached hydrogen (secondary N) is 1. The summed E-state index contributed by atoms with van der Waals surface area (Å²) >= 11 is 11.8. The lowest BCUT2D eigenvalue weighted by Crippen LogP contribution is -2.05. The highest BCUT2D eigenvalue weighted by Crippen LogP contribution is 2.31. The predicted octanol–water partition coefficient (Wildman–Crippen LogP) is 3.35. The molecule has 0 spiro atoms. The lowest BCUT2D eigenvalue weighted by atomic mass is 10.1. The molecule has 1 aliphatic heterocycles. The van der Waals surface area contributed by atoms with E-state index in [-0.39, 0.29) is 0 Å².